The Labute approximate surface area is 251 Å². The molecule has 0 aromatic carbocycles. The van der Waals surface area contributed by atoms with Gasteiger partial charge in [0, 0.05) is 49.6 Å². The van der Waals surface area contributed by atoms with Crippen LogP contribution in [-0.2, 0) is 9.47 Å². The molecule has 1 saturated carbocycles. The molecule has 4 N–H and O–H groups in total. The Morgan fingerprint density at radius 1 is 1.17 bits per heavy atom. The number of pyridine rings is 2. The Morgan fingerprint density at radius 3 is 2.69 bits per heavy atom. The van der Waals surface area contributed by atoms with Crippen molar-refractivity contribution in [2.75, 3.05) is 37.0 Å². The summed E-state index contributed by atoms with van der Waals surface area (Å²) in [6, 6.07) is 11.3. The third kappa shape index (κ3) is 7.92. The molecule has 2 fully saturated rings. The lowest BCUT2D eigenvalue weighted by Crippen LogP contribution is -2.43. The highest BCUT2D eigenvalue weighted by Crippen LogP contribution is 2.32. The zero-order valence-electron chi connectivity index (χ0n) is 24.1. The van der Waals surface area contributed by atoms with Crippen molar-refractivity contribution in [1.29, 1.82) is 5.26 Å². The topological polar surface area (TPSA) is 159 Å². The van der Waals surface area contributed by atoms with E-state index in [1.54, 1.807) is 6.20 Å². The molecule has 0 amide bonds. The van der Waals surface area contributed by atoms with E-state index in [-0.39, 0.29) is 12.1 Å². The second-order valence-corrected chi connectivity index (χ2v) is 11.7. The van der Waals surface area contributed by atoms with Gasteiger partial charge in [0.25, 0.3) is 0 Å². The lowest BCUT2D eigenvalue weighted by Gasteiger charge is -2.32. The summed E-state index contributed by atoms with van der Waals surface area (Å²) in [5.41, 5.74) is 1.14. The summed E-state index contributed by atoms with van der Waals surface area (Å²) < 4.78 is 11.3. The lowest BCUT2D eigenvalue weighted by atomic mass is 9.82. The van der Waals surface area contributed by atoms with Crippen LogP contribution in [0.25, 0.3) is 11.3 Å². The standard InChI is InChI=1S/C29H39ClN10O2/c1-19(16-42-20(2)28-37-39-40-38-28)34-21-6-8-22(9-7-21)35-27-14-23(24(30)15-32-27)25-4-3-5-26(36-25)33-18-29(17-31)10-12-41-13-11-29/h3-5,14-15,19-22,34H,6-13,16,18H2,1-2H3,(H,32,35)(H,33,36)(H,37,38,39,40)/t19-,20+,21-,22-/m0/s1. The number of rotatable bonds is 12. The van der Waals surface area contributed by atoms with Crippen LogP contribution in [0.3, 0.4) is 0 Å². The van der Waals surface area contributed by atoms with Crippen molar-refractivity contribution in [3.05, 3.63) is 41.3 Å². The first kappa shape index (κ1) is 30.1. The smallest absolute Gasteiger partial charge is 0.202 e. The van der Waals surface area contributed by atoms with Gasteiger partial charge in [-0.05, 0) is 70.6 Å². The summed E-state index contributed by atoms with van der Waals surface area (Å²) in [6.07, 6.45) is 7.11. The largest absolute Gasteiger partial charge is 0.381 e. The van der Waals surface area contributed by atoms with Crippen LogP contribution in [0.1, 0.15) is 64.3 Å². The number of H-pyrrole nitrogens is 1. The molecule has 1 aliphatic heterocycles. The predicted molar refractivity (Wildman–Crippen MR) is 160 cm³/mol. The highest BCUT2D eigenvalue weighted by atomic mass is 35.5. The number of aromatic amines is 1. The predicted octanol–water partition coefficient (Wildman–Crippen LogP) is 4.52. The first-order valence-corrected chi connectivity index (χ1v) is 15.0. The number of nitrogens with one attached hydrogen (secondary N) is 4. The minimum atomic E-state index is -0.434. The maximum absolute atomic E-state index is 9.76. The summed E-state index contributed by atoms with van der Waals surface area (Å²) in [4.78, 5) is 9.34. The van der Waals surface area contributed by atoms with Gasteiger partial charge in [0.2, 0.25) is 5.82 Å². The van der Waals surface area contributed by atoms with Gasteiger partial charge in [0.05, 0.1) is 28.8 Å². The third-order valence-electron chi connectivity index (χ3n) is 8.10. The van der Waals surface area contributed by atoms with Crippen molar-refractivity contribution in [2.45, 2.75) is 76.6 Å². The number of nitrogens with zero attached hydrogens (tertiary/aromatic N) is 6. The minimum absolute atomic E-state index is 0.202. The van der Waals surface area contributed by atoms with Gasteiger partial charge in [-0.3, -0.25) is 0 Å². The number of nitriles is 1. The third-order valence-corrected chi connectivity index (χ3v) is 8.40. The molecule has 3 aromatic heterocycles. The monoisotopic (exact) mass is 594 g/mol. The normalized spacial score (nSPS) is 21.7. The molecule has 0 spiro atoms. The Balaban J connectivity index is 1.11. The average molecular weight is 595 g/mol. The van der Waals surface area contributed by atoms with E-state index in [2.05, 4.69) is 54.6 Å². The molecule has 224 valence electrons. The van der Waals surface area contributed by atoms with E-state index >= 15 is 0 Å². The Morgan fingerprint density at radius 2 is 1.95 bits per heavy atom. The van der Waals surface area contributed by atoms with E-state index in [0.29, 0.717) is 68.0 Å². The molecule has 1 saturated heterocycles. The highest BCUT2D eigenvalue weighted by Gasteiger charge is 2.32. The van der Waals surface area contributed by atoms with Crippen LogP contribution < -0.4 is 16.0 Å². The number of hydrogen-bond acceptors (Lipinski definition) is 11. The molecular formula is C29H39ClN10O2. The zero-order valence-corrected chi connectivity index (χ0v) is 24.9. The van der Waals surface area contributed by atoms with Crippen LogP contribution in [0.2, 0.25) is 5.02 Å². The summed E-state index contributed by atoms with van der Waals surface area (Å²) in [7, 11) is 0. The number of aromatic nitrogens is 6. The molecule has 12 nitrogen and oxygen atoms in total. The van der Waals surface area contributed by atoms with E-state index in [1.807, 2.05) is 31.2 Å². The van der Waals surface area contributed by atoms with Crippen LogP contribution in [0.4, 0.5) is 11.6 Å². The number of halogens is 1. The van der Waals surface area contributed by atoms with Crippen LogP contribution in [0.5, 0.6) is 0 Å². The molecule has 5 rings (SSSR count). The maximum Gasteiger partial charge on any atom is 0.202 e. The Hall–Kier alpha value is -3.37. The van der Waals surface area contributed by atoms with Gasteiger partial charge in [-0.15, -0.1) is 10.2 Å². The zero-order chi connectivity index (χ0) is 29.4. The molecule has 1 aliphatic carbocycles. The number of hydrogen-bond donors (Lipinski definition) is 4. The maximum atomic E-state index is 9.76. The summed E-state index contributed by atoms with van der Waals surface area (Å²) in [5, 5.41) is 35.0. The molecule has 0 unspecified atom stereocenters. The van der Waals surface area contributed by atoms with Crippen molar-refractivity contribution in [1.82, 2.24) is 35.9 Å². The van der Waals surface area contributed by atoms with Gasteiger partial charge in [-0.1, -0.05) is 22.9 Å². The van der Waals surface area contributed by atoms with Gasteiger partial charge in [0.1, 0.15) is 17.7 Å². The van der Waals surface area contributed by atoms with E-state index in [9.17, 15) is 5.26 Å². The Bertz CT molecular complexity index is 1320. The molecule has 2 atom stereocenters. The second kappa shape index (κ2) is 14.2. The SMILES string of the molecule is C[C@@H](CO[C@H](C)c1nn[nH]n1)N[C@H]1CC[C@H](Nc2cc(-c3cccc(NCC4(C#N)CCOCC4)n3)c(Cl)cn2)CC1. The fraction of sp³-hybridized carbons (Fsp3) is 0.586. The fourth-order valence-corrected chi connectivity index (χ4v) is 5.72. The highest BCUT2D eigenvalue weighted by molar-refractivity contribution is 6.33. The summed E-state index contributed by atoms with van der Waals surface area (Å²) in [5.74, 6) is 2.06. The van der Waals surface area contributed by atoms with Crippen molar-refractivity contribution < 1.29 is 9.47 Å². The van der Waals surface area contributed by atoms with Crippen LogP contribution in [0, 0.1) is 16.7 Å². The molecule has 2 aliphatic rings. The van der Waals surface area contributed by atoms with Crippen LogP contribution in [-0.4, -0.2) is 75.1 Å². The van der Waals surface area contributed by atoms with Gasteiger partial charge in [-0.2, -0.15) is 10.5 Å². The molecule has 3 aromatic rings. The number of tetrazole rings is 1. The molecule has 4 heterocycles. The fourth-order valence-electron chi connectivity index (χ4n) is 5.52. The van der Waals surface area contributed by atoms with E-state index < -0.39 is 5.41 Å². The van der Waals surface area contributed by atoms with Crippen molar-refractivity contribution in [3.63, 3.8) is 0 Å². The van der Waals surface area contributed by atoms with Crippen molar-refractivity contribution in [3.8, 4) is 17.3 Å². The summed E-state index contributed by atoms with van der Waals surface area (Å²) in [6.45, 7) is 6.39. The van der Waals surface area contributed by atoms with Crippen molar-refractivity contribution in [2.24, 2.45) is 5.41 Å². The number of ether oxygens (including phenoxy) is 2. The average Bonchev–Trinajstić information content (AvgIpc) is 3.57. The molecule has 0 bridgehead atoms. The molecule has 0 radical (unpaired) electrons. The quantitative estimate of drug-likeness (QED) is 0.233. The van der Waals surface area contributed by atoms with Gasteiger partial charge in [0.15, 0.2) is 0 Å². The first-order valence-electron chi connectivity index (χ1n) is 14.7. The van der Waals surface area contributed by atoms with E-state index in [4.69, 9.17) is 26.1 Å². The molecule has 42 heavy (non-hydrogen) atoms. The van der Waals surface area contributed by atoms with Crippen LogP contribution >= 0.6 is 11.6 Å². The van der Waals surface area contributed by atoms with Gasteiger partial charge < -0.3 is 25.4 Å². The van der Waals surface area contributed by atoms with Crippen LogP contribution in [0.15, 0.2) is 30.5 Å². The minimum Gasteiger partial charge on any atom is -0.381 e. The molecular weight excluding hydrogens is 556 g/mol. The van der Waals surface area contributed by atoms with Crippen molar-refractivity contribution >= 4 is 23.2 Å². The summed E-state index contributed by atoms with van der Waals surface area (Å²) >= 11 is 6.57. The lowest BCUT2D eigenvalue weighted by molar-refractivity contribution is 0.0436. The van der Waals surface area contributed by atoms with E-state index in [0.717, 1.165) is 42.8 Å². The van der Waals surface area contributed by atoms with Gasteiger partial charge in [-0.25, -0.2) is 9.97 Å². The first-order chi connectivity index (χ1) is 20.4. The molecule has 13 heteroatoms. The Kier molecular flexibility index (Phi) is 10.2. The second-order valence-electron chi connectivity index (χ2n) is 11.3. The number of anilines is 2. The van der Waals surface area contributed by atoms with Gasteiger partial charge >= 0.3 is 0 Å². The van der Waals surface area contributed by atoms with E-state index in [1.165, 1.54) is 0 Å².